The number of rotatable bonds is 5. The SMILES string of the molecule is CN(Cc1ccccc1)c1ncccc1CNC(=O)C(N)=O. The van der Waals surface area contributed by atoms with Gasteiger partial charge in [0.1, 0.15) is 5.82 Å². The van der Waals surface area contributed by atoms with Gasteiger partial charge in [-0.2, -0.15) is 0 Å². The van der Waals surface area contributed by atoms with Crippen LogP contribution in [0.4, 0.5) is 5.82 Å². The molecule has 0 radical (unpaired) electrons. The van der Waals surface area contributed by atoms with Crippen LogP contribution >= 0.6 is 0 Å². The Morgan fingerprint density at radius 2 is 1.91 bits per heavy atom. The molecular formula is C16H18N4O2. The molecule has 0 bridgehead atoms. The van der Waals surface area contributed by atoms with Crippen LogP contribution in [0.5, 0.6) is 0 Å². The number of benzene rings is 1. The number of nitrogens with zero attached hydrogens (tertiary/aromatic N) is 2. The van der Waals surface area contributed by atoms with Crippen molar-refractivity contribution in [3.05, 3.63) is 59.8 Å². The third-order valence-corrected chi connectivity index (χ3v) is 3.15. The normalized spacial score (nSPS) is 10.0. The molecule has 0 fully saturated rings. The van der Waals surface area contributed by atoms with Crippen LogP contribution < -0.4 is 16.0 Å². The van der Waals surface area contributed by atoms with Gasteiger partial charge < -0.3 is 16.0 Å². The number of aromatic nitrogens is 1. The molecule has 0 spiro atoms. The van der Waals surface area contributed by atoms with Crippen LogP contribution in [-0.2, 0) is 22.7 Å². The number of amides is 2. The number of hydrogen-bond donors (Lipinski definition) is 2. The molecular weight excluding hydrogens is 280 g/mol. The summed E-state index contributed by atoms with van der Waals surface area (Å²) in [6.45, 7) is 0.888. The smallest absolute Gasteiger partial charge is 0.309 e. The zero-order valence-corrected chi connectivity index (χ0v) is 12.3. The molecule has 6 nitrogen and oxygen atoms in total. The van der Waals surface area contributed by atoms with E-state index in [1.165, 1.54) is 0 Å². The summed E-state index contributed by atoms with van der Waals surface area (Å²) in [5.41, 5.74) is 6.89. The third-order valence-electron chi connectivity index (χ3n) is 3.15. The van der Waals surface area contributed by atoms with Crippen LogP contribution in [0.15, 0.2) is 48.7 Å². The average molecular weight is 298 g/mol. The van der Waals surface area contributed by atoms with E-state index in [0.717, 1.165) is 16.9 Å². The topological polar surface area (TPSA) is 88.3 Å². The fourth-order valence-electron chi connectivity index (χ4n) is 2.11. The Hall–Kier alpha value is -2.89. The van der Waals surface area contributed by atoms with Gasteiger partial charge in [0.05, 0.1) is 0 Å². The molecule has 0 saturated carbocycles. The van der Waals surface area contributed by atoms with Crippen LogP contribution in [-0.4, -0.2) is 23.8 Å². The summed E-state index contributed by atoms with van der Waals surface area (Å²) < 4.78 is 0. The lowest BCUT2D eigenvalue weighted by molar-refractivity contribution is -0.137. The van der Waals surface area contributed by atoms with Gasteiger partial charge >= 0.3 is 11.8 Å². The van der Waals surface area contributed by atoms with Crippen LogP contribution in [0, 0.1) is 0 Å². The van der Waals surface area contributed by atoms with Gasteiger partial charge in [-0.05, 0) is 11.6 Å². The molecule has 1 aromatic heterocycles. The van der Waals surface area contributed by atoms with Crippen LogP contribution in [0.3, 0.4) is 0 Å². The van der Waals surface area contributed by atoms with Crippen molar-refractivity contribution >= 4 is 17.6 Å². The van der Waals surface area contributed by atoms with Crippen molar-refractivity contribution < 1.29 is 9.59 Å². The van der Waals surface area contributed by atoms with Crippen molar-refractivity contribution in [2.24, 2.45) is 5.73 Å². The summed E-state index contributed by atoms with van der Waals surface area (Å²) in [6, 6.07) is 13.6. The quantitative estimate of drug-likeness (QED) is 0.800. The van der Waals surface area contributed by atoms with E-state index in [2.05, 4.69) is 10.3 Å². The van der Waals surface area contributed by atoms with Crippen molar-refractivity contribution in [1.82, 2.24) is 10.3 Å². The Labute approximate surface area is 129 Å². The number of carbonyl (C=O) groups is 2. The number of nitrogens with one attached hydrogen (secondary N) is 1. The number of pyridine rings is 1. The van der Waals surface area contributed by atoms with Crippen LogP contribution in [0.1, 0.15) is 11.1 Å². The average Bonchev–Trinajstić information content (AvgIpc) is 2.53. The highest BCUT2D eigenvalue weighted by Gasteiger charge is 2.12. The minimum atomic E-state index is -0.997. The Morgan fingerprint density at radius 3 is 2.59 bits per heavy atom. The number of anilines is 1. The van der Waals surface area contributed by atoms with E-state index in [0.29, 0.717) is 6.54 Å². The molecule has 2 amide bonds. The maximum atomic E-state index is 11.3. The lowest BCUT2D eigenvalue weighted by atomic mass is 10.2. The lowest BCUT2D eigenvalue weighted by Crippen LogP contribution is -2.36. The highest BCUT2D eigenvalue weighted by molar-refractivity contribution is 6.34. The summed E-state index contributed by atoms with van der Waals surface area (Å²) in [6.07, 6.45) is 1.69. The highest BCUT2D eigenvalue weighted by Crippen LogP contribution is 2.17. The lowest BCUT2D eigenvalue weighted by Gasteiger charge is -2.21. The van der Waals surface area contributed by atoms with Gasteiger partial charge in [-0.15, -0.1) is 0 Å². The van der Waals surface area contributed by atoms with Gasteiger partial charge in [0.15, 0.2) is 0 Å². The zero-order chi connectivity index (χ0) is 15.9. The highest BCUT2D eigenvalue weighted by atomic mass is 16.2. The second-order valence-electron chi connectivity index (χ2n) is 4.87. The first-order chi connectivity index (χ1) is 10.6. The minimum Gasteiger partial charge on any atom is -0.361 e. The molecule has 2 rings (SSSR count). The number of carbonyl (C=O) groups excluding carboxylic acids is 2. The summed E-state index contributed by atoms with van der Waals surface area (Å²) >= 11 is 0. The Balaban J connectivity index is 2.10. The molecule has 0 saturated heterocycles. The Bertz CT molecular complexity index is 658. The first-order valence-corrected chi connectivity index (χ1v) is 6.84. The van der Waals surface area contributed by atoms with E-state index < -0.39 is 11.8 Å². The van der Waals surface area contributed by atoms with E-state index in [4.69, 9.17) is 5.73 Å². The molecule has 3 N–H and O–H groups in total. The van der Waals surface area contributed by atoms with Gasteiger partial charge in [-0.25, -0.2) is 4.98 Å². The molecule has 0 aliphatic heterocycles. The van der Waals surface area contributed by atoms with Gasteiger partial charge in [-0.3, -0.25) is 9.59 Å². The van der Waals surface area contributed by atoms with Crippen molar-refractivity contribution in [2.45, 2.75) is 13.1 Å². The first-order valence-electron chi connectivity index (χ1n) is 6.84. The van der Waals surface area contributed by atoms with Gasteiger partial charge in [0, 0.05) is 31.9 Å². The summed E-state index contributed by atoms with van der Waals surface area (Å²) in [4.78, 5) is 28.4. The molecule has 1 heterocycles. The predicted octanol–water partition coefficient (Wildman–Crippen LogP) is 0.820. The number of hydrogen-bond acceptors (Lipinski definition) is 4. The van der Waals surface area contributed by atoms with Crippen LogP contribution in [0.25, 0.3) is 0 Å². The van der Waals surface area contributed by atoms with Crippen molar-refractivity contribution in [3.8, 4) is 0 Å². The molecule has 22 heavy (non-hydrogen) atoms. The monoisotopic (exact) mass is 298 g/mol. The third kappa shape index (κ3) is 4.05. The van der Waals surface area contributed by atoms with E-state index in [-0.39, 0.29) is 6.54 Å². The molecule has 0 aliphatic rings. The van der Waals surface area contributed by atoms with Crippen molar-refractivity contribution in [3.63, 3.8) is 0 Å². The summed E-state index contributed by atoms with van der Waals surface area (Å²) in [5, 5.41) is 2.48. The maximum Gasteiger partial charge on any atom is 0.309 e. The maximum absolute atomic E-state index is 11.3. The van der Waals surface area contributed by atoms with E-state index in [9.17, 15) is 9.59 Å². The Kier molecular flexibility index (Phi) is 5.08. The van der Waals surface area contributed by atoms with Gasteiger partial charge in [-0.1, -0.05) is 36.4 Å². The predicted molar refractivity (Wildman–Crippen MR) is 83.8 cm³/mol. The van der Waals surface area contributed by atoms with Crippen molar-refractivity contribution in [2.75, 3.05) is 11.9 Å². The van der Waals surface area contributed by atoms with Gasteiger partial charge in [0.25, 0.3) is 0 Å². The zero-order valence-electron chi connectivity index (χ0n) is 12.3. The largest absolute Gasteiger partial charge is 0.361 e. The van der Waals surface area contributed by atoms with Crippen molar-refractivity contribution in [1.29, 1.82) is 0 Å². The minimum absolute atomic E-state index is 0.198. The molecule has 2 aromatic rings. The molecule has 0 unspecified atom stereocenters. The number of primary amides is 1. The fraction of sp³-hybridized carbons (Fsp3) is 0.188. The molecule has 1 aromatic carbocycles. The molecule has 0 atom stereocenters. The fourth-order valence-corrected chi connectivity index (χ4v) is 2.11. The van der Waals surface area contributed by atoms with E-state index >= 15 is 0 Å². The second-order valence-corrected chi connectivity index (χ2v) is 4.87. The van der Waals surface area contributed by atoms with E-state index in [1.54, 1.807) is 12.3 Å². The molecule has 114 valence electrons. The first kappa shape index (κ1) is 15.5. The Morgan fingerprint density at radius 1 is 1.18 bits per heavy atom. The summed E-state index contributed by atoms with van der Waals surface area (Å²) in [7, 11) is 1.93. The van der Waals surface area contributed by atoms with Gasteiger partial charge in [0.2, 0.25) is 0 Å². The van der Waals surface area contributed by atoms with E-state index in [1.807, 2.05) is 48.3 Å². The summed E-state index contributed by atoms with van der Waals surface area (Å²) in [5.74, 6) is -1.06. The number of nitrogens with two attached hydrogens (primary N) is 1. The molecule has 6 heteroatoms. The standard InChI is InChI=1S/C16H18N4O2/c1-20(11-12-6-3-2-4-7-12)15-13(8-5-9-18-15)10-19-16(22)14(17)21/h2-9H,10-11H2,1H3,(H2,17,21)(H,19,22). The van der Waals surface area contributed by atoms with Crippen LogP contribution in [0.2, 0.25) is 0 Å². The second kappa shape index (κ2) is 7.21. The molecule has 0 aliphatic carbocycles.